The van der Waals surface area contributed by atoms with Crippen molar-refractivity contribution >= 4 is 11.8 Å². The number of nitrogens with two attached hydrogens (primary N) is 1. The highest BCUT2D eigenvalue weighted by Gasteiger charge is 2.45. The van der Waals surface area contributed by atoms with Gasteiger partial charge in [0.25, 0.3) is 0 Å². The third kappa shape index (κ3) is 3.39. The van der Waals surface area contributed by atoms with Crippen molar-refractivity contribution < 1.29 is 9.59 Å². The van der Waals surface area contributed by atoms with E-state index in [1.807, 2.05) is 9.80 Å². The summed E-state index contributed by atoms with van der Waals surface area (Å²) in [6, 6.07) is 0.0138. The summed E-state index contributed by atoms with van der Waals surface area (Å²) in [5.41, 5.74) is 6.14. The number of carbonyl (C=O) groups is 2. The third-order valence-electron chi connectivity index (χ3n) is 5.76. The molecule has 23 heavy (non-hydrogen) atoms. The van der Waals surface area contributed by atoms with Gasteiger partial charge in [-0.25, -0.2) is 0 Å². The highest BCUT2D eigenvalue weighted by Crippen LogP contribution is 2.38. The van der Waals surface area contributed by atoms with Gasteiger partial charge >= 0.3 is 0 Å². The molecule has 2 heterocycles. The predicted molar refractivity (Wildman–Crippen MR) is 89.6 cm³/mol. The van der Waals surface area contributed by atoms with Gasteiger partial charge in [-0.2, -0.15) is 0 Å². The molecule has 2 aliphatic heterocycles. The van der Waals surface area contributed by atoms with E-state index in [4.69, 9.17) is 5.73 Å². The van der Waals surface area contributed by atoms with Crippen LogP contribution in [-0.2, 0) is 9.59 Å². The van der Waals surface area contributed by atoms with E-state index in [9.17, 15) is 9.59 Å². The van der Waals surface area contributed by atoms with E-state index in [2.05, 4.69) is 20.8 Å². The molecule has 5 nitrogen and oxygen atoms in total. The first kappa shape index (κ1) is 16.7. The van der Waals surface area contributed by atoms with Crippen molar-refractivity contribution in [2.24, 2.45) is 23.0 Å². The molecule has 3 aliphatic rings. The summed E-state index contributed by atoms with van der Waals surface area (Å²) in [4.78, 5) is 29.4. The summed E-state index contributed by atoms with van der Waals surface area (Å²) >= 11 is 0. The van der Waals surface area contributed by atoms with Crippen molar-refractivity contribution in [1.29, 1.82) is 0 Å². The van der Waals surface area contributed by atoms with Gasteiger partial charge < -0.3 is 15.5 Å². The van der Waals surface area contributed by atoms with Gasteiger partial charge in [-0.05, 0) is 42.9 Å². The molecule has 4 atom stereocenters. The lowest BCUT2D eigenvalue weighted by molar-refractivity contribution is -0.144. The van der Waals surface area contributed by atoms with Gasteiger partial charge in [-0.1, -0.05) is 20.8 Å². The molecule has 0 aromatic heterocycles. The molecule has 5 heteroatoms. The maximum atomic E-state index is 13.0. The number of likely N-dealkylation sites (tertiary alicyclic amines) is 2. The number of amides is 2. The highest BCUT2D eigenvalue weighted by atomic mass is 16.2. The largest absolute Gasteiger partial charge is 0.340 e. The van der Waals surface area contributed by atoms with Crippen LogP contribution < -0.4 is 5.73 Å². The zero-order valence-corrected chi connectivity index (χ0v) is 14.8. The quantitative estimate of drug-likeness (QED) is 0.840. The fourth-order valence-corrected chi connectivity index (χ4v) is 4.58. The molecule has 130 valence electrons. The van der Waals surface area contributed by atoms with E-state index >= 15 is 0 Å². The number of rotatable bonds is 2. The Balaban J connectivity index is 1.64. The second-order valence-corrected chi connectivity index (χ2v) is 8.89. The number of hydrogen-bond acceptors (Lipinski definition) is 3. The van der Waals surface area contributed by atoms with Gasteiger partial charge in [0.1, 0.15) is 6.04 Å². The van der Waals surface area contributed by atoms with Crippen molar-refractivity contribution in [3.63, 3.8) is 0 Å². The molecular formula is C18H31N3O2. The summed E-state index contributed by atoms with van der Waals surface area (Å²) in [6.07, 6.45) is 4.50. The smallest absolute Gasteiger partial charge is 0.245 e. The van der Waals surface area contributed by atoms with Gasteiger partial charge in [-0.15, -0.1) is 0 Å². The van der Waals surface area contributed by atoms with Gasteiger partial charge in [0.05, 0.1) is 0 Å². The van der Waals surface area contributed by atoms with Crippen LogP contribution >= 0.6 is 0 Å². The molecule has 3 rings (SSSR count). The monoisotopic (exact) mass is 321 g/mol. The molecule has 1 aliphatic carbocycles. The standard InChI is InChI=1S/C18H31N3O2/c1-18(2,3)9-16(22)21-8-4-5-15(21)17(23)20-10-12-6-7-14(19)13(12)11-20/h12-15H,4-11,19H2,1-3H3. The van der Waals surface area contributed by atoms with Crippen LogP contribution in [0.2, 0.25) is 0 Å². The van der Waals surface area contributed by atoms with Gasteiger partial charge in [0.2, 0.25) is 11.8 Å². The average Bonchev–Trinajstić information content (AvgIpc) is 3.13. The van der Waals surface area contributed by atoms with Crippen LogP contribution in [0.15, 0.2) is 0 Å². The molecular weight excluding hydrogens is 290 g/mol. The molecule has 2 amide bonds. The predicted octanol–water partition coefficient (Wildman–Crippen LogP) is 1.61. The minimum Gasteiger partial charge on any atom is -0.340 e. The molecule has 0 aromatic rings. The lowest BCUT2D eigenvalue weighted by atomic mass is 9.91. The lowest BCUT2D eigenvalue weighted by Crippen LogP contribution is -2.48. The molecule has 3 fully saturated rings. The second kappa shape index (κ2) is 6.08. The average molecular weight is 321 g/mol. The maximum Gasteiger partial charge on any atom is 0.245 e. The summed E-state index contributed by atoms with van der Waals surface area (Å²) in [5.74, 6) is 1.34. The fraction of sp³-hybridized carbons (Fsp3) is 0.889. The summed E-state index contributed by atoms with van der Waals surface area (Å²) in [5, 5.41) is 0. The van der Waals surface area contributed by atoms with Crippen molar-refractivity contribution in [2.75, 3.05) is 19.6 Å². The van der Waals surface area contributed by atoms with E-state index in [1.54, 1.807) is 0 Å². The van der Waals surface area contributed by atoms with E-state index in [0.29, 0.717) is 18.3 Å². The number of fused-ring (bicyclic) bond motifs is 1. The Labute approximate surface area is 139 Å². The lowest BCUT2D eigenvalue weighted by Gasteiger charge is -2.30. The van der Waals surface area contributed by atoms with Crippen molar-refractivity contribution in [2.45, 2.75) is 65.0 Å². The van der Waals surface area contributed by atoms with Crippen LogP contribution in [0.1, 0.15) is 52.9 Å². The van der Waals surface area contributed by atoms with Crippen molar-refractivity contribution in [3.8, 4) is 0 Å². The Morgan fingerprint density at radius 3 is 2.52 bits per heavy atom. The fourth-order valence-electron chi connectivity index (χ4n) is 4.58. The number of nitrogens with zero attached hydrogens (tertiary/aromatic N) is 2. The summed E-state index contributed by atoms with van der Waals surface area (Å²) in [6.45, 7) is 8.57. The molecule has 0 spiro atoms. The van der Waals surface area contributed by atoms with E-state index in [-0.39, 0.29) is 29.3 Å². The summed E-state index contributed by atoms with van der Waals surface area (Å²) in [7, 11) is 0. The highest BCUT2D eigenvalue weighted by molar-refractivity contribution is 5.88. The van der Waals surface area contributed by atoms with Gasteiger partial charge in [0.15, 0.2) is 0 Å². The Morgan fingerprint density at radius 2 is 1.87 bits per heavy atom. The SMILES string of the molecule is CC(C)(C)CC(=O)N1CCCC1C(=O)N1CC2CCC(N)C2C1. The zero-order chi connectivity index (χ0) is 16.8. The minimum atomic E-state index is -0.236. The van der Waals surface area contributed by atoms with Crippen LogP contribution in [0.3, 0.4) is 0 Å². The Hall–Kier alpha value is -1.10. The Bertz CT molecular complexity index is 485. The molecule has 0 bridgehead atoms. The number of hydrogen-bond donors (Lipinski definition) is 1. The van der Waals surface area contributed by atoms with Crippen molar-refractivity contribution in [3.05, 3.63) is 0 Å². The topological polar surface area (TPSA) is 66.6 Å². The van der Waals surface area contributed by atoms with E-state index in [1.165, 1.54) is 0 Å². The van der Waals surface area contributed by atoms with E-state index < -0.39 is 0 Å². The first-order chi connectivity index (χ1) is 10.8. The molecule has 0 aromatic carbocycles. The molecule has 1 saturated carbocycles. The molecule has 2 saturated heterocycles. The molecule has 2 N–H and O–H groups in total. The van der Waals surface area contributed by atoms with Crippen LogP contribution in [0.5, 0.6) is 0 Å². The van der Waals surface area contributed by atoms with Crippen LogP contribution in [0, 0.1) is 17.3 Å². The third-order valence-corrected chi connectivity index (χ3v) is 5.76. The van der Waals surface area contributed by atoms with Crippen LogP contribution in [-0.4, -0.2) is 53.3 Å². The second-order valence-electron chi connectivity index (χ2n) is 8.89. The van der Waals surface area contributed by atoms with Gasteiger partial charge in [0, 0.05) is 32.1 Å². The van der Waals surface area contributed by atoms with Crippen LogP contribution in [0.25, 0.3) is 0 Å². The van der Waals surface area contributed by atoms with Gasteiger partial charge in [-0.3, -0.25) is 9.59 Å². The van der Waals surface area contributed by atoms with Crippen molar-refractivity contribution in [1.82, 2.24) is 9.80 Å². The van der Waals surface area contributed by atoms with Crippen LogP contribution in [0.4, 0.5) is 0 Å². The molecule has 4 unspecified atom stereocenters. The normalized spacial score (nSPS) is 34.1. The first-order valence-electron chi connectivity index (χ1n) is 9.10. The molecule has 0 radical (unpaired) electrons. The Kier molecular flexibility index (Phi) is 4.43. The minimum absolute atomic E-state index is 0.0370. The number of carbonyl (C=O) groups excluding carboxylic acids is 2. The summed E-state index contributed by atoms with van der Waals surface area (Å²) < 4.78 is 0. The van der Waals surface area contributed by atoms with E-state index in [0.717, 1.165) is 45.3 Å². The zero-order valence-electron chi connectivity index (χ0n) is 14.8. The Morgan fingerprint density at radius 1 is 1.13 bits per heavy atom. The maximum absolute atomic E-state index is 13.0. The first-order valence-corrected chi connectivity index (χ1v) is 9.10.